The van der Waals surface area contributed by atoms with Crippen LogP contribution in [0.4, 0.5) is 0 Å². The molecule has 1 aromatic heterocycles. The summed E-state index contributed by atoms with van der Waals surface area (Å²) < 4.78 is 0. The molecule has 0 aliphatic rings. The van der Waals surface area contributed by atoms with Gasteiger partial charge in [0.1, 0.15) is 0 Å². The smallest absolute Gasteiger partial charge is 0.0460 e. The van der Waals surface area contributed by atoms with Crippen molar-refractivity contribution in [3.8, 4) is 0 Å². The van der Waals surface area contributed by atoms with Crippen LogP contribution in [0.25, 0.3) is 10.9 Å². The highest BCUT2D eigenvalue weighted by atomic mass is 35.5. The lowest BCUT2D eigenvalue weighted by molar-refractivity contribution is 0.774. The van der Waals surface area contributed by atoms with Crippen LogP contribution in [0.5, 0.6) is 0 Å². The Bertz CT molecular complexity index is 867. The van der Waals surface area contributed by atoms with Crippen molar-refractivity contribution in [2.75, 3.05) is 0 Å². The Labute approximate surface area is 178 Å². The molecule has 0 fully saturated rings. The molecular weight excluding hydrogens is 397 g/mol. The Morgan fingerprint density at radius 2 is 1.93 bits per heavy atom. The summed E-state index contributed by atoms with van der Waals surface area (Å²) in [7, 11) is 0. The minimum Gasteiger partial charge on any atom is -0.358 e. The highest BCUT2D eigenvalue weighted by molar-refractivity contribution is 6.32. The molecule has 27 heavy (non-hydrogen) atoms. The fourth-order valence-corrected chi connectivity index (χ4v) is 3.94. The van der Waals surface area contributed by atoms with E-state index in [-0.39, 0.29) is 5.92 Å². The SMILES string of the molecule is CC/C=C(Cl)/C(=C\C=C(/C)Cl)C(C)c1[nH]c2ccc(Cl)cc2c1CCCC. The zero-order valence-electron chi connectivity index (χ0n) is 16.5. The molecule has 1 unspecified atom stereocenters. The van der Waals surface area contributed by atoms with E-state index < -0.39 is 0 Å². The molecule has 0 amide bonds. The summed E-state index contributed by atoms with van der Waals surface area (Å²) in [5, 5.41) is 3.48. The van der Waals surface area contributed by atoms with Gasteiger partial charge in [-0.25, -0.2) is 0 Å². The molecule has 2 aromatic rings. The van der Waals surface area contributed by atoms with Gasteiger partial charge in [0.05, 0.1) is 0 Å². The first-order chi connectivity index (χ1) is 12.9. The van der Waals surface area contributed by atoms with E-state index >= 15 is 0 Å². The monoisotopic (exact) mass is 423 g/mol. The van der Waals surface area contributed by atoms with Crippen LogP contribution >= 0.6 is 34.8 Å². The molecule has 0 spiro atoms. The number of fused-ring (bicyclic) bond motifs is 1. The summed E-state index contributed by atoms with van der Waals surface area (Å²) in [5.74, 6) is 0.116. The molecule has 0 saturated heterocycles. The van der Waals surface area contributed by atoms with E-state index in [1.165, 1.54) is 16.6 Å². The maximum atomic E-state index is 6.64. The van der Waals surface area contributed by atoms with E-state index in [9.17, 15) is 0 Å². The number of aromatic amines is 1. The molecule has 0 aliphatic carbocycles. The van der Waals surface area contributed by atoms with Crippen molar-refractivity contribution in [2.45, 2.75) is 59.3 Å². The van der Waals surface area contributed by atoms with E-state index in [2.05, 4.69) is 37.9 Å². The second-order valence-electron chi connectivity index (χ2n) is 6.87. The maximum absolute atomic E-state index is 6.64. The van der Waals surface area contributed by atoms with Gasteiger partial charge < -0.3 is 4.98 Å². The van der Waals surface area contributed by atoms with Crippen LogP contribution in [0.1, 0.15) is 64.1 Å². The van der Waals surface area contributed by atoms with Gasteiger partial charge in [0.25, 0.3) is 0 Å². The minimum absolute atomic E-state index is 0.116. The molecular formula is C23H28Cl3N. The topological polar surface area (TPSA) is 15.8 Å². The van der Waals surface area contributed by atoms with E-state index in [4.69, 9.17) is 34.8 Å². The van der Waals surface area contributed by atoms with Crippen molar-refractivity contribution < 1.29 is 0 Å². The lowest BCUT2D eigenvalue weighted by atomic mass is 9.91. The second-order valence-corrected chi connectivity index (χ2v) is 8.31. The molecule has 146 valence electrons. The number of H-pyrrole nitrogens is 1. The Hall–Kier alpha value is -1.15. The second kappa shape index (κ2) is 10.4. The quantitative estimate of drug-likeness (QED) is 0.407. The summed E-state index contributed by atoms with van der Waals surface area (Å²) in [4.78, 5) is 3.63. The first-order valence-electron chi connectivity index (χ1n) is 9.59. The molecule has 1 nitrogen and oxygen atoms in total. The molecule has 2 rings (SSSR count). The van der Waals surface area contributed by atoms with Crippen LogP contribution in [0.3, 0.4) is 0 Å². The average Bonchev–Trinajstić information content (AvgIpc) is 2.97. The number of aryl methyl sites for hydroxylation is 1. The Morgan fingerprint density at radius 1 is 1.19 bits per heavy atom. The van der Waals surface area contributed by atoms with Gasteiger partial charge in [-0.3, -0.25) is 0 Å². The molecule has 0 saturated carbocycles. The van der Waals surface area contributed by atoms with Crippen molar-refractivity contribution in [1.82, 2.24) is 4.98 Å². The van der Waals surface area contributed by atoms with E-state index in [0.717, 1.165) is 51.9 Å². The van der Waals surface area contributed by atoms with Crippen molar-refractivity contribution >= 4 is 45.7 Å². The maximum Gasteiger partial charge on any atom is 0.0460 e. The Morgan fingerprint density at radius 3 is 2.56 bits per heavy atom. The van der Waals surface area contributed by atoms with Gasteiger partial charge in [0.2, 0.25) is 0 Å². The number of hydrogen-bond acceptors (Lipinski definition) is 0. The zero-order valence-corrected chi connectivity index (χ0v) is 18.8. The predicted octanol–water partition coefficient (Wildman–Crippen LogP) is 8.87. The number of rotatable bonds is 8. The summed E-state index contributed by atoms with van der Waals surface area (Å²) in [5.41, 5.74) is 4.72. The van der Waals surface area contributed by atoms with Crippen LogP contribution < -0.4 is 0 Å². The standard InChI is InChI=1S/C23H28Cl3N/c1-5-7-9-19-20-14-17(25)11-13-22(20)27-23(19)16(4)18(12-10-15(3)24)21(26)8-6-2/h8,10-14,16,27H,5-7,9H2,1-4H3/b15-10+,18-12-,21-8-. The lowest BCUT2D eigenvalue weighted by Crippen LogP contribution is -2.03. The highest BCUT2D eigenvalue weighted by Gasteiger charge is 2.21. The first-order valence-corrected chi connectivity index (χ1v) is 10.7. The third-order valence-corrected chi connectivity index (χ3v) is 5.47. The summed E-state index contributed by atoms with van der Waals surface area (Å²) in [6, 6.07) is 6.04. The van der Waals surface area contributed by atoms with Gasteiger partial charge in [-0.1, -0.05) is 74.1 Å². The number of halogens is 3. The number of aromatic nitrogens is 1. The highest BCUT2D eigenvalue weighted by Crippen LogP contribution is 2.37. The number of unbranched alkanes of at least 4 members (excludes halogenated alkanes) is 1. The predicted molar refractivity (Wildman–Crippen MR) is 122 cm³/mol. The van der Waals surface area contributed by atoms with Crippen molar-refractivity contribution in [1.29, 1.82) is 0 Å². The fraction of sp³-hybridized carbons (Fsp3) is 0.391. The normalized spacial score (nSPS) is 14.9. The van der Waals surface area contributed by atoms with Gasteiger partial charge >= 0.3 is 0 Å². The Kier molecular flexibility index (Phi) is 8.54. The largest absolute Gasteiger partial charge is 0.358 e. The number of hydrogen-bond donors (Lipinski definition) is 1. The number of nitrogens with one attached hydrogen (secondary N) is 1. The molecule has 1 heterocycles. The third kappa shape index (κ3) is 5.67. The van der Waals surface area contributed by atoms with Crippen LogP contribution in [0.2, 0.25) is 5.02 Å². The van der Waals surface area contributed by atoms with Crippen LogP contribution in [0.15, 0.2) is 52.1 Å². The van der Waals surface area contributed by atoms with Gasteiger partial charge in [0.15, 0.2) is 0 Å². The van der Waals surface area contributed by atoms with Crippen LogP contribution in [-0.4, -0.2) is 4.98 Å². The van der Waals surface area contributed by atoms with Gasteiger partial charge in [0, 0.05) is 37.6 Å². The van der Waals surface area contributed by atoms with Gasteiger partial charge in [-0.05, 0) is 61.6 Å². The number of benzene rings is 1. The van der Waals surface area contributed by atoms with E-state index in [1.807, 2.05) is 31.2 Å². The fourth-order valence-electron chi connectivity index (χ4n) is 3.32. The third-order valence-electron chi connectivity index (χ3n) is 4.73. The number of allylic oxidation sites excluding steroid dienone is 6. The van der Waals surface area contributed by atoms with E-state index in [1.54, 1.807) is 0 Å². The molecule has 1 atom stereocenters. The summed E-state index contributed by atoms with van der Waals surface area (Å²) >= 11 is 19.0. The van der Waals surface area contributed by atoms with E-state index in [0.29, 0.717) is 0 Å². The van der Waals surface area contributed by atoms with Gasteiger partial charge in [-0.2, -0.15) is 0 Å². The summed E-state index contributed by atoms with van der Waals surface area (Å²) in [6.07, 6.45) is 10.2. The lowest BCUT2D eigenvalue weighted by Gasteiger charge is -2.17. The van der Waals surface area contributed by atoms with Gasteiger partial charge in [-0.15, -0.1) is 0 Å². The van der Waals surface area contributed by atoms with Crippen LogP contribution in [0, 0.1) is 0 Å². The zero-order chi connectivity index (χ0) is 20.0. The molecule has 4 heteroatoms. The average molecular weight is 425 g/mol. The molecule has 0 aliphatic heterocycles. The molecule has 1 aromatic carbocycles. The van der Waals surface area contributed by atoms with Crippen molar-refractivity contribution in [2.24, 2.45) is 0 Å². The molecule has 0 radical (unpaired) electrons. The van der Waals surface area contributed by atoms with Crippen molar-refractivity contribution in [3.05, 3.63) is 68.3 Å². The minimum atomic E-state index is 0.116. The first kappa shape index (κ1) is 22.1. The Balaban J connectivity index is 2.61. The van der Waals surface area contributed by atoms with Crippen molar-refractivity contribution in [3.63, 3.8) is 0 Å². The van der Waals surface area contributed by atoms with Crippen LogP contribution in [-0.2, 0) is 6.42 Å². The molecule has 1 N–H and O–H groups in total. The summed E-state index contributed by atoms with van der Waals surface area (Å²) in [6.45, 7) is 8.36. The molecule has 0 bridgehead atoms.